The van der Waals surface area contributed by atoms with Crippen LogP contribution in [0.4, 0.5) is 5.13 Å². The van der Waals surface area contributed by atoms with Crippen LogP contribution in [0.3, 0.4) is 0 Å². The van der Waals surface area contributed by atoms with Crippen molar-refractivity contribution in [2.24, 2.45) is 5.16 Å². The molecule has 1 aromatic rings. The van der Waals surface area contributed by atoms with Crippen LogP contribution in [-0.4, -0.2) is 77.6 Å². The van der Waals surface area contributed by atoms with E-state index in [0.29, 0.717) is 0 Å². The number of amides is 2. The summed E-state index contributed by atoms with van der Waals surface area (Å²) in [6.45, 7) is 0. The quantitative estimate of drug-likeness (QED) is 0.157. The van der Waals surface area contributed by atoms with Crippen molar-refractivity contribution in [1.82, 2.24) is 15.4 Å². The normalized spacial score (nSPS) is 24.7. The number of aromatic nitrogens is 1. The minimum absolute atomic E-state index is 0. The molecule has 0 bridgehead atoms. The van der Waals surface area contributed by atoms with Crippen LogP contribution in [0.25, 0.3) is 0 Å². The van der Waals surface area contributed by atoms with Gasteiger partial charge in [0.25, 0.3) is 17.5 Å². The molecule has 2 aliphatic rings. The van der Waals surface area contributed by atoms with E-state index >= 15 is 0 Å². The summed E-state index contributed by atoms with van der Waals surface area (Å²) in [6.07, 6.45) is -2.66. The van der Waals surface area contributed by atoms with Gasteiger partial charge < -0.3 is 35.3 Å². The van der Waals surface area contributed by atoms with Gasteiger partial charge in [0, 0.05) is 11.8 Å². The van der Waals surface area contributed by atoms with Crippen molar-refractivity contribution < 1.29 is 77.8 Å². The van der Waals surface area contributed by atoms with Gasteiger partial charge in [-0.1, -0.05) is 5.16 Å². The van der Waals surface area contributed by atoms with E-state index in [9.17, 15) is 29.1 Å². The molecule has 3 rings (SSSR count). The molecule has 33 heavy (non-hydrogen) atoms. The molecule has 0 aliphatic carbocycles. The second-order valence-corrected chi connectivity index (χ2v) is 7.26. The molecule has 1 aromatic heterocycles. The van der Waals surface area contributed by atoms with Crippen LogP contribution < -0.4 is 45.7 Å². The number of methoxy groups -OCH3 is 1. The summed E-state index contributed by atoms with van der Waals surface area (Å²) in [5, 5.41) is 19.2. The maximum Gasteiger partial charge on any atom is 1.00 e. The number of carboxylic acids is 1. The predicted octanol–water partition coefficient (Wildman–Crippen LogP) is -6.34. The Bertz CT molecular complexity index is 1020. The fourth-order valence-electron chi connectivity index (χ4n) is 3.01. The van der Waals surface area contributed by atoms with Gasteiger partial charge in [0.05, 0.1) is 13.5 Å². The first-order valence-corrected chi connectivity index (χ1v) is 9.68. The number of hydrogen-bond acceptors (Lipinski definition) is 14. The van der Waals surface area contributed by atoms with E-state index in [1.165, 1.54) is 5.38 Å². The van der Waals surface area contributed by atoms with Crippen molar-refractivity contribution in [2.45, 2.75) is 30.7 Å². The molecule has 2 amide bonds. The second kappa shape index (κ2) is 10.4. The van der Waals surface area contributed by atoms with Crippen LogP contribution in [0.2, 0.25) is 0 Å². The number of hydrogen-bond donors (Lipinski definition) is 2. The molecule has 0 aromatic carbocycles. The Morgan fingerprint density at radius 2 is 2.09 bits per heavy atom. The average Bonchev–Trinajstić information content (AvgIpc) is 3.44. The minimum atomic E-state index is -2.62. The van der Waals surface area contributed by atoms with Gasteiger partial charge in [0.15, 0.2) is 16.9 Å². The first-order valence-electron chi connectivity index (χ1n) is 8.80. The third-order valence-corrected chi connectivity index (χ3v) is 5.14. The van der Waals surface area contributed by atoms with Crippen LogP contribution in [0.15, 0.2) is 10.5 Å². The number of esters is 2. The zero-order valence-corrected chi connectivity index (χ0v) is 20.4. The average molecular weight is 493 g/mol. The summed E-state index contributed by atoms with van der Waals surface area (Å²) in [7, 11) is 2.14. The number of nitrogens with two attached hydrogens (primary N) is 1. The smallest absolute Gasteiger partial charge is 0.544 e. The van der Waals surface area contributed by atoms with Crippen molar-refractivity contribution in [2.75, 3.05) is 20.0 Å². The van der Waals surface area contributed by atoms with Crippen molar-refractivity contribution >= 4 is 51.9 Å². The van der Waals surface area contributed by atoms with E-state index in [0.717, 1.165) is 25.6 Å². The Morgan fingerprint density at radius 1 is 1.39 bits per heavy atom. The van der Waals surface area contributed by atoms with Crippen LogP contribution in [0, 0.1) is 0 Å². The third-order valence-electron chi connectivity index (χ3n) is 4.47. The summed E-state index contributed by atoms with van der Waals surface area (Å²) < 4.78 is 9.35. The largest absolute Gasteiger partial charge is 1.00 e. The molecule has 0 saturated carbocycles. The fraction of sp³-hybridized carbons (Fsp3) is 0.438. The maximum absolute atomic E-state index is 13.0. The Hall–Kier alpha value is -2.79. The van der Waals surface area contributed by atoms with Crippen molar-refractivity contribution in [3.8, 4) is 0 Å². The fourth-order valence-corrected chi connectivity index (χ4v) is 3.56. The van der Waals surface area contributed by atoms with E-state index in [1.54, 1.807) is 0 Å². The van der Waals surface area contributed by atoms with Crippen LogP contribution in [0.5, 0.6) is 0 Å². The summed E-state index contributed by atoms with van der Waals surface area (Å²) in [6, 6.07) is -1.77. The number of carbonyl (C=O) groups is 5. The molecule has 3 heterocycles. The zero-order valence-electron chi connectivity index (χ0n) is 17.6. The number of nitrogen functional groups attached to an aromatic ring is 1. The maximum atomic E-state index is 13.0. The second-order valence-electron chi connectivity index (χ2n) is 6.37. The number of thiazole rings is 1. The first-order chi connectivity index (χ1) is 15.1. The van der Waals surface area contributed by atoms with Gasteiger partial charge in [-0.05, 0) is 0 Å². The molecule has 172 valence electrons. The number of cyclic esters (lactones) is 1. The number of nitrogens with zero attached hydrogens (tertiary/aromatic N) is 3. The number of aliphatic carboxylic acids is 1. The molecule has 2 aliphatic heterocycles. The number of ether oxygens (including phenoxy) is 2. The van der Waals surface area contributed by atoms with Gasteiger partial charge in [0.1, 0.15) is 18.8 Å². The molecular weight excluding hydrogens is 477 g/mol. The number of carbonyl (C=O) groups excluding carboxylic acids is 5. The zero-order chi connectivity index (χ0) is 23.6. The van der Waals surface area contributed by atoms with Crippen LogP contribution in [0.1, 0.15) is 18.5 Å². The Kier molecular flexibility index (Phi) is 8.36. The van der Waals surface area contributed by atoms with Gasteiger partial charge in [0.2, 0.25) is 6.10 Å². The minimum Gasteiger partial charge on any atom is -0.544 e. The molecule has 0 spiro atoms. The topological polar surface area (TPSA) is 212 Å². The number of oxime groups is 1. The van der Waals surface area contributed by atoms with E-state index in [4.69, 9.17) is 15.3 Å². The van der Waals surface area contributed by atoms with E-state index in [2.05, 4.69) is 25.0 Å². The third kappa shape index (κ3) is 4.93. The van der Waals surface area contributed by atoms with E-state index in [-0.39, 0.29) is 51.9 Å². The molecule has 15 nitrogen and oxygen atoms in total. The first kappa shape index (κ1) is 26.5. The molecular formula is C16H16N5NaO10S. The molecule has 2 saturated heterocycles. The molecule has 17 heteroatoms. The van der Waals surface area contributed by atoms with Gasteiger partial charge in [-0.25, -0.2) is 14.6 Å². The van der Waals surface area contributed by atoms with Gasteiger partial charge >= 0.3 is 41.5 Å². The Balaban J connectivity index is 0.00000385. The number of rotatable bonds is 7. The number of anilines is 1. The monoisotopic (exact) mass is 493 g/mol. The van der Waals surface area contributed by atoms with Crippen molar-refractivity contribution in [3.05, 3.63) is 11.1 Å². The summed E-state index contributed by atoms with van der Waals surface area (Å²) in [5.74, 6) is -6.23. The van der Waals surface area contributed by atoms with E-state index < -0.39 is 59.7 Å². The van der Waals surface area contributed by atoms with E-state index in [1.807, 2.05) is 0 Å². The Labute approximate surface area is 211 Å². The summed E-state index contributed by atoms with van der Waals surface area (Å²) in [4.78, 5) is 75.0. The van der Waals surface area contributed by atoms with Gasteiger partial charge in [-0.15, -0.1) is 11.3 Å². The SMILES string of the molecule is CO/N=C(\C(=O)N[C@@H]1C(=O)N(C2(C(=O)[O-])CCC(=O)O2)O[C@H]1C(=O)OC)c1csc(N)n1.[Na+]. The Morgan fingerprint density at radius 3 is 2.58 bits per heavy atom. The van der Waals surface area contributed by atoms with Crippen LogP contribution in [-0.2, 0) is 43.1 Å². The van der Waals surface area contributed by atoms with Gasteiger partial charge in [-0.2, -0.15) is 5.06 Å². The predicted molar refractivity (Wildman–Crippen MR) is 98.8 cm³/mol. The molecule has 3 atom stereocenters. The summed E-state index contributed by atoms with van der Waals surface area (Å²) >= 11 is 1.00. The summed E-state index contributed by atoms with van der Waals surface area (Å²) in [5.41, 5.74) is 2.56. The molecule has 3 N–H and O–H groups in total. The van der Waals surface area contributed by atoms with Gasteiger partial charge in [-0.3, -0.25) is 14.4 Å². The number of nitrogens with one attached hydrogen (secondary N) is 1. The van der Waals surface area contributed by atoms with Crippen molar-refractivity contribution in [3.63, 3.8) is 0 Å². The molecule has 0 radical (unpaired) electrons. The molecule has 1 unspecified atom stereocenters. The number of hydroxylamine groups is 2. The molecule has 2 fully saturated rings. The van der Waals surface area contributed by atoms with Crippen LogP contribution >= 0.6 is 11.3 Å². The van der Waals surface area contributed by atoms with Crippen molar-refractivity contribution in [1.29, 1.82) is 0 Å². The number of carboxylic acid groups (broad SMARTS) is 1. The standard InChI is InChI=1S/C16H17N5O10S.Na/c1-28-13(25)10-9(19-11(23)8(20-29-2)6-5-32-15(17)18-6)12(24)21(31-10)16(14(26)27)4-3-7(22)30-16;/h5,9-10H,3-4H2,1-2H3,(H2,17,18)(H,19,23)(H,26,27);/q;+1/p-1/b20-8-;/t9-,10+,16?;/m0./s1.